The first-order chi connectivity index (χ1) is 17.9. The zero-order valence-electron chi connectivity index (χ0n) is 21.5. The first kappa shape index (κ1) is 28.0. The molecule has 0 aliphatic carbocycles. The van der Waals surface area contributed by atoms with Crippen LogP contribution in [0.5, 0.6) is 11.5 Å². The fourth-order valence-corrected chi connectivity index (χ4v) is 5.32. The van der Waals surface area contributed by atoms with E-state index in [1.54, 1.807) is 18.2 Å². The van der Waals surface area contributed by atoms with Crippen LogP contribution in [-0.4, -0.2) is 65.8 Å². The summed E-state index contributed by atoms with van der Waals surface area (Å²) in [7, 11) is 0. The second-order valence-electron chi connectivity index (χ2n) is 10.3. The molecule has 1 N–H and O–H groups in total. The molecule has 2 aliphatic heterocycles. The van der Waals surface area contributed by atoms with Crippen LogP contribution < -0.4 is 9.47 Å². The Bertz CT molecular complexity index is 1040. The predicted octanol–water partition coefficient (Wildman–Crippen LogP) is 5.96. The molecule has 2 aliphatic rings. The number of ether oxygens (including phenoxy) is 2. The van der Waals surface area contributed by atoms with Gasteiger partial charge in [-0.05, 0) is 74.9 Å². The van der Waals surface area contributed by atoms with Crippen LogP contribution in [0.1, 0.15) is 56.9 Å². The van der Waals surface area contributed by atoms with E-state index in [4.69, 9.17) is 32.7 Å². The lowest BCUT2D eigenvalue weighted by Gasteiger charge is -2.27. The lowest BCUT2D eigenvalue weighted by Crippen LogP contribution is -2.37. The van der Waals surface area contributed by atoms with E-state index >= 15 is 0 Å². The number of likely N-dealkylation sites (tertiary alicyclic amines) is 2. The minimum absolute atomic E-state index is 0.227. The second-order valence-corrected chi connectivity index (χ2v) is 11.1. The number of hydrogen-bond donors (Lipinski definition) is 1. The molecule has 6 nitrogen and oxygen atoms in total. The minimum Gasteiger partial charge on any atom is -0.494 e. The molecule has 2 fully saturated rings. The third-order valence-corrected chi connectivity index (χ3v) is 7.96. The lowest BCUT2D eigenvalue weighted by molar-refractivity contribution is -0.130. The molecule has 2 heterocycles. The molecule has 2 aromatic carbocycles. The Labute approximate surface area is 230 Å². The fourth-order valence-electron chi connectivity index (χ4n) is 5.03. The highest BCUT2D eigenvalue weighted by molar-refractivity contribution is 6.42. The van der Waals surface area contributed by atoms with Crippen molar-refractivity contribution in [3.63, 3.8) is 0 Å². The zero-order valence-corrected chi connectivity index (χ0v) is 23.0. The summed E-state index contributed by atoms with van der Waals surface area (Å²) in [6.07, 6.45) is 7.01. The van der Waals surface area contributed by atoms with Crippen LogP contribution in [0.2, 0.25) is 10.0 Å². The Morgan fingerprint density at radius 3 is 2.62 bits per heavy atom. The summed E-state index contributed by atoms with van der Waals surface area (Å²) in [6, 6.07) is 13.4. The van der Waals surface area contributed by atoms with Crippen LogP contribution in [0.15, 0.2) is 42.5 Å². The van der Waals surface area contributed by atoms with Gasteiger partial charge in [-0.25, -0.2) is 0 Å². The smallest absolute Gasteiger partial charge is 0.222 e. The van der Waals surface area contributed by atoms with Gasteiger partial charge in [-0.2, -0.15) is 0 Å². The van der Waals surface area contributed by atoms with Crippen LogP contribution in [0.3, 0.4) is 0 Å². The summed E-state index contributed by atoms with van der Waals surface area (Å²) in [4.78, 5) is 16.5. The van der Waals surface area contributed by atoms with Gasteiger partial charge in [0, 0.05) is 38.7 Å². The van der Waals surface area contributed by atoms with Crippen LogP contribution in [0.25, 0.3) is 0 Å². The van der Waals surface area contributed by atoms with E-state index in [0.717, 1.165) is 70.6 Å². The van der Waals surface area contributed by atoms with Crippen LogP contribution in [0.4, 0.5) is 0 Å². The van der Waals surface area contributed by atoms with Gasteiger partial charge in [-0.1, -0.05) is 41.8 Å². The third-order valence-electron chi connectivity index (χ3n) is 7.23. The lowest BCUT2D eigenvalue weighted by atomic mass is 9.96. The van der Waals surface area contributed by atoms with Crippen molar-refractivity contribution in [3.8, 4) is 11.5 Å². The normalized spacial score (nSPS) is 21.4. The number of hydrogen-bond acceptors (Lipinski definition) is 5. The van der Waals surface area contributed by atoms with Crippen molar-refractivity contribution in [2.24, 2.45) is 0 Å². The highest BCUT2D eigenvalue weighted by Gasteiger charge is 2.31. The maximum Gasteiger partial charge on any atom is 0.222 e. The SMILES string of the molecule is O=C1CCCCCN1CCCOc1cccc(CN2CCCC(O)(COc3ccc(Cl)c(Cl)c3)CC2)c1. The molecule has 0 bridgehead atoms. The fraction of sp³-hybridized carbons (Fsp3) is 0.552. The van der Waals surface area contributed by atoms with Crippen molar-refractivity contribution in [2.45, 2.75) is 63.5 Å². The van der Waals surface area contributed by atoms with E-state index in [0.29, 0.717) is 41.7 Å². The molecule has 37 heavy (non-hydrogen) atoms. The molecule has 1 unspecified atom stereocenters. The van der Waals surface area contributed by atoms with E-state index in [9.17, 15) is 9.90 Å². The van der Waals surface area contributed by atoms with Gasteiger partial charge in [0.2, 0.25) is 5.91 Å². The van der Waals surface area contributed by atoms with Crippen molar-refractivity contribution in [2.75, 3.05) is 39.4 Å². The van der Waals surface area contributed by atoms with Crippen molar-refractivity contribution >= 4 is 29.1 Å². The number of carbonyl (C=O) groups is 1. The molecule has 4 rings (SSSR count). The maximum atomic E-state index is 12.2. The van der Waals surface area contributed by atoms with Gasteiger partial charge in [0.15, 0.2) is 0 Å². The molecule has 1 amide bonds. The molecule has 202 valence electrons. The molecule has 2 saturated heterocycles. The Hall–Kier alpha value is -1.99. The molecule has 8 heteroatoms. The number of rotatable bonds is 10. The van der Waals surface area contributed by atoms with Gasteiger partial charge in [0.1, 0.15) is 18.1 Å². The van der Waals surface area contributed by atoms with Gasteiger partial charge in [-0.3, -0.25) is 9.69 Å². The molecule has 0 saturated carbocycles. The van der Waals surface area contributed by atoms with Gasteiger partial charge in [-0.15, -0.1) is 0 Å². The summed E-state index contributed by atoms with van der Waals surface area (Å²) >= 11 is 12.1. The average molecular weight is 550 g/mol. The van der Waals surface area contributed by atoms with Crippen LogP contribution >= 0.6 is 23.2 Å². The minimum atomic E-state index is -0.874. The van der Waals surface area contributed by atoms with E-state index in [1.807, 2.05) is 17.0 Å². The van der Waals surface area contributed by atoms with Crippen molar-refractivity contribution in [3.05, 3.63) is 58.1 Å². The first-order valence-electron chi connectivity index (χ1n) is 13.4. The van der Waals surface area contributed by atoms with E-state index in [2.05, 4.69) is 17.0 Å². The van der Waals surface area contributed by atoms with E-state index < -0.39 is 5.60 Å². The van der Waals surface area contributed by atoms with Gasteiger partial charge in [0.25, 0.3) is 0 Å². The average Bonchev–Trinajstić information content (AvgIpc) is 3.21. The number of amides is 1. The standard InChI is InChI=1S/C29H38Cl2N2O4/c30-26-11-10-25(20-27(26)31)37-22-29(35)12-5-14-32(17-13-29)21-23-7-4-8-24(19-23)36-18-6-16-33-15-3-1-2-9-28(33)34/h4,7-8,10-11,19-20,35H,1-3,5-6,9,12-18,21-22H2. The Morgan fingerprint density at radius 1 is 0.892 bits per heavy atom. The summed E-state index contributed by atoms with van der Waals surface area (Å²) in [5.41, 5.74) is 0.318. The van der Waals surface area contributed by atoms with Crippen LogP contribution in [-0.2, 0) is 11.3 Å². The molecular formula is C29H38Cl2N2O4. The predicted molar refractivity (Wildman–Crippen MR) is 148 cm³/mol. The van der Waals surface area contributed by atoms with Gasteiger partial charge >= 0.3 is 0 Å². The third kappa shape index (κ3) is 8.78. The summed E-state index contributed by atoms with van der Waals surface area (Å²) in [5.74, 6) is 1.75. The van der Waals surface area contributed by atoms with Crippen molar-refractivity contribution in [1.29, 1.82) is 0 Å². The van der Waals surface area contributed by atoms with E-state index in [1.165, 1.54) is 5.56 Å². The van der Waals surface area contributed by atoms with Gasteiger partial charge in [0.05, 0.1) is 22.3 Å². The van der Waals surface area contributed by atoms with Crippen molar-refractivity contribution in [1.82, 2.24) is 9.80 Å². The summed E-state index contributed by atoms with van der Waals surface area (Å²) in [5, 5.41) is 12.1. The Balaban J connectivity index is 1.21. The summed E-state index contributed by atoms with van der Waals surface area (Å²) < 4.78 is 11.9. The summed E-state index contributed by atoms with van der Waals surface area (Å²) in [6.45, 7) is 4.99. The number of halogens is 2. The second kappa shape index (κ2) is 13.7. The Kier molecular flexibility index (Phi) is 10.4. The molecule has 0 radical (unpaired) electrons. The largest absolute Gasteiger partial charge is 0.494 e. The van der Waals surface area contributed by atoms with Gasteiger partial charge < -0.3 is 19.5 Å². The van der Waals surface area contributed by atoms with Crippen molar-refractivity contribution < 1.29 is 19.4 Å². The quantitative estimate of drug-likeness (QED) is 0.371. The molecule has 2 aromatic rings. The number of nitrogens with zero attached hydrogens (tertiary/aromatic N) is 2. The molecule has 0 aromatic heterocycles. The molecule has 1 atom stereocenters. The highest BCUT2D eigenvalue weighted by Crippen LogP contribution is 2.29. The number of aliphatic hydroxyl groups is 1. The highest BCUT2D eigenvalue weighted by atomic mass is 35.5. The number of carbonyl (C=O) groups excluding carboxylic acids is 1. The van der Waals surface area contributed by atoms with Crippen LogP contribution in [0, 0.1) is 0 Å². The molecular weight excluding hydrogens is 511 g/mol. The zero-order chi connectivity index (χ0) is 26.1. The Morgan fingerprint density at radius 2 is 1.76 bits per heavy atom. The molecule has 0 spiro atoms. The van der Waals surface area contributed by atoms with E-state index in [-0.39, 0.29) is 12.5 Å². The first-order valence-corrected chi connectivity index (χ1v) is 14.2. The topological polar surface area (TPSA) is 62.2 Å². The maximum absolute atomic E-state index is 12.2. The number of benzene rings is 2. The monoisotopic (exact) mass is 548 g/mol.